The quantitative estimate of drug-likeness (QED) is 0.781. The summed E-state index contributed by atoms with van der Waals surface area (Å²) in [5, 5.41) is 1.00. The van der Waals surface area contributed by atoms with Crippen molar-refractivity contribution in [1.29, 1.82) is 0 Å². The highest BCUT2D eigenvalue weighted by Gasteiger charge is 2.25. The number of hydrogen-bond acceptors (Lipinski definition) is 1. The minimum atomic E-state index is 0.380. The Hall–Kier alpha value is -0.790. The van der Waals surface area contributed by atoms with Crippen LogP contribution in [0, 0.1) is 12.3 Å². The average molecular weight is 249 g/mol. The standard InChI is InChI=1S/C15H19ClN/c1-17(2)15(12-7-4-3-5-8-12)13-9-6-10-14(16)11-13/h3-5,7-9,11,13,15H,6,10H2,1-2H3. The smallest absolute Gasteiger partial charge is 0.0407 e. The molecule has 0 amide bonds. The zero-order valence-electron chi connectivity index (χ0n) is 10.4. The fraction of sp³-hybridized carbons (Fsp3) is 0.400. The Morgan fingerprint density at radius 3 is 2.53 bits per heavy atom. The van der Waals surface area contributed by atoms with Gasteiger partial charge in [-0.1, -0.05) is 48.0 Å². The minimum Gasteiger partial charge on any atom is -0.302 e. The molecule has 1 aliphatic carbocycles. The number of benzene rings is 1. The van der Waals surface area contributed by atoms with Crippen molar-refractivity contribution in [3.63, 3.8) is 0 Å². The first-order valence-electron chi connectivity index (χ1n) is 6.09. The minimum absolute atomic E-state index is 0.380. The van der Waals surface area contributed by atoms with Crippen molar-refractivity contribution in [2.24, 2.45) is 5.92 Å². The molecule has 0 saturated heterocycles. The van der Waals surface area contributed by atoms with Gasteiger partial charge in [-0.05, 0) is 38.9 Å². The van der Waals surface area contributed by atoms with Gasteiger partial charge in [0.25, 0.3) is 0 Å². The Bertz CT molecular complexity index is 383. The maximum absolute atomic E-state index is 6.17. The first-order valence-corrected chi connectivity index (χ1v) is 6.47. The zero-order valence-corrected chi connectivity index (χ0v) is 11.2. The molecule has 0 saturated carbocycles. The third-order valence-corrected chi connectivity index (χ3v) is 3.57. The lowest BCUT2D eigenvalue weighted by molar-refractivity contribution is 0.253. The van der Waals surface area contributed by atoms with Crippen molar-refractivity contribution in [3.8, 4) is 0 Å². The summed E-state index contributed by atoms with van der Waals surface area (Å²) in [7, 11) is 4.25. The van der Waals surface area contributed by atoms with E-state index in [1.54, 1.807) is 0 Å². The fourth-order valence-corrected chi connectivity index (χ4v) is 2.76. The highest BCUT2D eigenvalue weighted by Crippen LogP contribution is 2.36. The van der Waals surface area contributed by atoms with E-state index in [1.165, 1.54) is 5.56 Å². The van der Waals surface area contributed by atoms with E-state index >= 15 is 0 Å². The first kappa shape index (κ1) is 12.7. The molecule has 0 fully saturated rings. The van der Waals surface area contributed by atoms with Gasteiger partial charge in [0.15, 0.2) is 0 Å². The average Bonchev–Trinajstić information content (AvgIpc) is 2.30. The second kappa shape index (κ2) is 5.70. The van der Waals surface area contributed by atoms with Crippen LogP contribution in [0.25, 0.3) is 0 Å². The largest absolute Gasteiger partial charge is 0.302 e. The predicted molar refractivity (Wildman–Crippen MR) is 73.8 cm³/mol. The Kier molecular flexibility index (Phi) is 4.25. The summed E-state index contributed by atoms with van der Waals surface area (Å²) in [6.45, 7) is 0. The van der Waals surface area contributed by atoms with Gasteiger partial charge >= 0.3 is 0 Å². The third kappa shape index (κ3) is 3.11. The van der Waals surface area contributed by atoms with Gasteiger partial charge in [-0.15, -0.1) is 0 Å². The number of rotatable bonds is 3. The van der Waals surface area contributed by atoms with Crippen molar-refractivity contribution in [2.45, 2.75) is 18.9 Å². The van der Waals surface area contributed by atoms with E-state index in [2.05, 4.69) is 61.8 Å². The molecule has 0 N–H and O–H groups in total. The number of hydrogen-bond donors (Lipinski definition) is 0. The molecule has 2 atom stereocenters. The van der Waals surface area contributed by atoms with Crippen molar-refractivity contribution in [2.75, 3.05) is 14.1 Å². The SMILES string of the molecule is CN(C)C(c1ccccc1)C1[CH]CCC(Cl)=C1. The maximum Gasteiger partial charge on any atom is 0.0407 e. The van der Waals surface area contributed by atoms with Gasteiger partial charge in [-0.25, -0.2) is 0 Å². The van der Waals surface area contributed by atoms with Gasteiger partial charge in [-0.2, -0.15) is 0 Å². The van der Waals surface area contributed by atoms with E-state index in [0.29, 0.717) is 12.0 Å². The number of allylic oxidation sites excluding steroid dienone is 1. The van der Waals surface area contributed by atoms with Crippen molar-refractivity contribution >= 4 is 11.6 Å². The number of nitrogens with zero attached hydrogens (tertiary/aromatic N) is 1. The van der Waals surface area contributed by atoms with Crippen molar-refractivity contribution in [1.82, 2.24) is 4.90 Å². The molecule has 2 heteroatoms. The van der Waals surface area contributed by atoms with Gasteiger partial charge in [0, 0.05) is 17.0 Å². The molecule has 91 valence electrons. The van der Waals surface area contributed by atoms with E-state index in [-0.39, 0.29) is 0 Å². The second-order valence-electron chi connectivity index (χ2n) is 4.78. The van der Waals surface area contributed by atoms with Crippen LogP contribution in [0.15, 0.2) is 41.4 Å². The van der Waals surface area contributed by atoms with Crippen LogP contribution >= 0.6 is 11.6 Å². The van der Waals surface area contributed by atoms with E-state index in [0.717, 1.165) is 17.9 Å². The van der Waals surface area contributed by atoms with Gasteiger partial charge in [-0.3, -0.25) is 0 Å². The van der Waals surface area contributed by atoms with E-state index in [1.807, 2.05) is 0 Å². The fourth-order valence-electron chi connectivity index (χ4n) is 2.51. The van der Waals surface area contributed by atoms with Gasteiger partial charge in [0.1, 0.15) is 0 Å². The molecule has 1 nitrogen and oxygen atoms in total. The summed E-state index contributed by atoms with van der Waals surface area (Å²) in [6, 6.07) is 11.0. The van der Waals surface area contributed by atoms with Crippen LogP contribution in [0.2, 0.25) is 0 Å². The first-order chi connectivity index (χ1) is 8.18. The van der Waals surface area contributed by atoms with Crippen LogP contribution in [0.4, 0.5) is 0 Å². The van der Waals surface area contributed by atoms with E-state index in [4.69, 9.17) is 11.6 Å². The van der Waals surface area contributed by atoms with Gasteiger partial charge in [0.2, 0.25) is 0 Å². The van der Waals surface area contributed by atoms with Crippen LogP contribution in [-0.2, 0) is 0 Å². The molecule has 1 aromatic carbocycles. The summed E-state index contributed by atoms with van der Waals surface area (Å²) in [6.07, 6.45) is 6.65. The highest BCUT2D eigenvalue weighted by molar-refractivity contribution is 6.29. The third-order valence-electron chi connectivity index (χ3n) is 3.26. The molecular weight excluding hydrogens is 230 g/mol. The molecule has 0 heterocycles. The summed E-state index contributed by atoms with van der Waals surface area (Å²) >= 11 is 6.17. The summed E-state index contributed by atoms with van der Waals surface area (Å²) in [5.41, 5.74) is 1.35. The van der Waals surface area contributed by atoms with Crippen molar-refractivity contribution < 1.29 is 0 Å². The molecule has 0 aliphatic heterocycles. The monoisotopic (exact) mass is 248 g/mol. The predicted octanol–water partition coefficient (Wildman–Crippen LogP) is 4.03. The maximum atomic E-state index is 6.17. The van der Waals surface area contributed by atoms with Crippen LogP contribution in [0.5, 0.6) is 0 Å². The van der Waals surface area contributed by atoms with Crippen LogP contribution in [-0.4, -0.2) is 19.0 Å². The normalized spacial score (nSPS) is 22.4. The second-order valence-corrected chi connectivity index (χ2v) is 5.27. The molecular formula is C15H19ClN. The van der Waals surface area contributed by atoms with Gasteiger partial charge in [0.05, 0.1) is 0 Å². The molecule has 1 aliphatic rings. The molecule has 0 bridgehead atoms. The lowest BCUT2D eigenvalue weighted by atomic mass is 9.85. The van der Waals surface area contributed by atoms with E-state index < -0.39 is 0 Å². The number of halogens is 1. The lowest BCUT2D eigenvalue weighted by Crippen LogP contribution is -2.28. The Balaban J connectivity index is 2.27. The molecule has 1 aromatic rings. The highest BCUT2D eigenvalue weighted by atomic mass is 35.5. The topological polar surface area (TPSA) is 3.24 Å². The molecule has 17 heavy (non-hydrogen) atoms. The Labute approximate surface area is 109 Å². The summed E-state index contributed by atoms with van der Waals surface area (Å²) < 4.78 is 0. The molecule has 2 rings (SSSR count). The molecule has 0 aromatic heterocycles. The zero-order chi connectivity index (χ0) is 12.3. The Morgan fingerprint density at radius 2 is 1.94 bits per heavy atom. The summed E-state index contributed by atoms with van der Waals surface area (Å²) in [5.74, 6) is 0.411. The summed E-state index contributed by atoms with van der Waals surface area (Å²) in [4.78, 5) is 2.27. The molecule has 1 radical (unpaired) electrons. The Morgan fingerprint density at radius 1 is 1.24 bits per heavy atom. The van der Waals surface area contributed by atoms with Crippen molar-refractivity contribution in [3.05, 3.63) is 53.4 Å². The lowest BCUT2D eigenvalue weighted by Gasteiger charge is -2.33. The van der Waals surface area contributed by atoms with E-state index in [9.17, 15) is 0 Å². The molecule has 0 spiro atoms. The van der Waals surface area contributed by atoms with Crippen LogP contribution in [0.1, 0.15) is 24.4 Å². The van der Waals surface area contributed by atoms with Gasteiger partial charge < -0.3 is 4.90 Å². The molecule has 2 unspecified atom stereocenters. The van der Waals surface area contributed by atoms with Crippen LogP contribution in [0.3, 0.4) is 0 Å². The van der Waals surface area contributed by atoms with Crippen LogP contribution < -0.4 is 0 Å².